The summed E-state index contributed by atoms with van der Waals surface area (Å²) in [6, 6.07) is 0. The molecule has 4 heteroatoms. The fourth-order valence-electron chi connectivity index (χ4n) is 2.27. The number of rotatable bonds is 5. The highest BCUT2D eigenvalue weighted by atomic mass is 16.5. The second kappa shape index (κ2) is 8.33. The van der Waals surface area contributed by atoms with Crippen LogP contribution in [-0.2, 0) is 9.53 Å². The van der Waals surface area contributed by atoms with Crippen molar-refractivity contribution < 1.29 is 9.53 Å². The van der Waals surface area contributed by atoms with E-state index < -0.39 is 0 Å². The van der Waals surface area contributed by atoms with E-state index in [0.29, 0.717) is 24.3 Å². The Labute approximate surface area is 117 Å². The molecule has 110 valence electrons. The molecule has 0 aliphatic carbocycles. The van der Waals surface area contributed by atoms with E-state index in [4.69, 9.17) is 4.74 Å². The lowest BCUT2D eigenvalue weighted by atomic mass is 9.98. The van der Waals surface area contributed by atoms with E-state index >= 15 is 0 Å². The smallest absolute Gasteiger partial charge is 0.247 e. The van der Waals surface area contributed by atoms with Crippen LogP contribution in [0.5, 0.6) is 0 Å². The summed E-state index contributed by atoms with van der Waals surface area (Å²) < 4.78 is 5.54. The minimum absolute atomic E-state index is 0.0120. The lowest BCUT2D eigenvalue weighted by Gasteiger charge is -2.47. The van der Waals surface area contributed by atoms with E-state index in [1.54, 1.807) is 0 Å². The van der Waals surface area contributed by atoms with Crippen LogP contribution in [0.4, 0.5) is 0 Å². The van der Waals surface area contributed by atoms with Crippen molar-refractivity contribution in [2.75, 3.05) is 26.2 Å². The summed E-state index contributed by atoms with van der Waals surface area (Å²) >= 11 is 0. The first-order chi connectivity index (χ1) is 9.10. The Morgan fingerprint density at radius 1 is 1.32 bits per heavy atom. The maximum absolute atomic E-state index is 11.6. The quantitative estimate of drug-likeness (QED) is 0.775. The third-order valence-corrected chi connectivity index (χ3v) is 3.11. The predicted octanol–water partition coefficient (Wildman–Crippen LogP) is 1.96. The van der Waals surface area contributed by atoms with Gasteiger partial charge in [0.2, 0.25) is 5.91 Å². The van der Waals surface area contributed by atoms with Crippen molar-refractivity contribution in [3.8, 4) is 0 Å². The van der Waals surface area contributed by atoms with E-state index in [0.717, 1.165) is 26.1 Å². The van der Waals surface area contributed by atoms with Crippen molar-refractivity contribution in [1.82, 2.24) is 10.2 Å². The molecule has 0 radical (unpaired) electrons. The van der Waals surface area contributed by atoms with E-state index in [2.05, 4.69) is 30.6 Å². The molecule has 3 aliphatic rings. The number of ether oxygens (including phenoxy) is 1. The molecule has 4 nitrogen and oxygen atoms in total. The Balaban J connectivity index is 0.000000550. The number of carbonyl (C=O) groups excluding carboxylic acids is 1. The van der Waals surface area contributed by atoms with E-state index in [9.17, 15) is 4.79 Å². The maximum Gasteiger partial charge on any atom is 0.247 e. The summed E-state index contributed by atoms with van der Waals surface area (Å²) in [7, 11) is 0. The second-order valence-electron chi connectivity index (χ2n) is 5.38. The van der Waals surface area contributed by atoms with Crippen molar-refractivity contribution in [2.45, 2.75) is 52.2 Å². The molecule has 19 heavy (non-hydrogen) atoms. The largest absolute Gasteiger partial charge is 0.372 e. The van der Waals surface area contributed by atoms with Crippen molar-refractivity contribution in [1.29, 1.82) is 0 Å². The number of hydrogen-bond acceptors (Lipinski definition) is 3. The van der Waals surface area contributed by atoms with Gasteiger partial charge in [0.25, 0.3) is 0 Å². The Hall–Kier alpha value is -0.870. The summed E-state index contributed by atoms with van der Waals surface area (Å²) in [5.74, 6) is -0.0120. The monoisotopic (exact) mass is 268 g/mol. The Bertz CT molecular complexity index is 289. The van der Waals surface area contributed by atoms with E-state index in [1.165, 1.54) is 12.8 Å². The van der Waals surface area contributed by atoms with Crippen molar-refractivity contribution in [2.24, 2.45) is 0 Å². The molecule has 3 heterocycles. The molecule has 1 N–H and O–H groups in total. The summed E-state index contributed by atoms with van der Waals surface area (Å²) in [4.78, 5) is 13.9. The Morgan fingerprint density at radius 2 is 1.84 bits per heavy atom. The fourth-order valence-corrected chi connectivity index (χ4v) is 2.27. The lowest BCUT2D eigenvalue weighted by Crippen LogP contribution is -2.57. The first kappa shape index (κ1) is 16.2. The lowest BCUT2D eigenvalue weighted by molar-refractivity contribution is -0.179. The molecule has 3 rings (SSSR count). The molecule has 1 amide bonds. The van der Waals surface area contributed by atoms with Gasteiger partial charge in [0.15, 0.2) is 0 Å². The number of carbonyl (C=O) groups is 1. The van der Waals surface area contributed by atoms with Crippen molar-refractivity contribution in [3.05, 3.63) is 12.2 Å². The Morgan fingerprint density at radius 3 is 2.32 bits per heavy atom. The van der Waals surface area contributed by atoms with Crippen LogP contribution in [0.2, 0.25) is 0 Å². The van der Waals surface area contributed by atoms with Gasteiger partial charge in [0, 0.05) is 38.2 Å². The number of nitrogens with zero attached hydrogens (tertiary/aromatic N) is 1. The van der Waals surface area contributed by atoms with E-state index in [1.807, 2.05) is 6.92 Å². The van der Waals surface area contributed by atoms with Crippen LogP contribution in [0.1, 0.15) is 40.0 Å². The average molecular weight is 268 g/mol. The van der Waals surface area contributed by atoms with Gasteiger partial charge < -0.3 is 10.1 Å². The van der Waals surface area contributed by atoms with Crippen molar-refractivity contribution in [3.63, 3.8) is 0 Å². The van der Waals surface area contributed by atoms with E-state index in [-0.39, 0.29) is 5.91 Å². The van der Waals surface area contributed by atoms with Crippen LogP contribution in [0.15, 0.2) is 12.2 Å². The van der Waals surface area contributed by atoms with Gasteiger partial charge in [-0.2, -0.15) is 0 Å². The van der Waals surface area contributed by atoms with Gasteiger partial charge in [-0.15, -0.1) is 0 Å². The zero-order chi connectivity index (χ0) is 14.3. The zero-order valence-corrected chi connectivity index (χ0v) is 12.6. The SMILES string of the molecule is C=C(CN1CC2CC(C1)O2)C(=O)NCCC.CCC. The molecular formula is C15H28N2O2. The average Bonchev–Trinajstić information content (AvgIpc) is 2.36. The molecule has 2 unspecified atom stereocenters. The van der Waals surface area contributed by atoms with Crippen LogP contribution in [0, 0.1) is 0 Å². The number of fused-ring (bicyclic) bond motifs is 2. The number of nitrogens with one attached hydrogen (secondary N) is 1. The molecule has 0 aromatic carbocycles. The van der Waals surface area contributed by atoms with Gasteiger partial charge in [-0.25, -0.2) is 0 Å². The highest BCUT2D eigenvalue weighted by Crippen LogP contribution is 2.27. The third kappa shape index (κ3) is 5.33. The zero-order valence-electron chi connectivity index (χ0n) is 12.6. The molecule has 2 bridgehead atoms. The number of amides is 1. The molecular weight excluding hydrogens is 240 g/mol. The summed E-state index contributed by atoms with van der Waals surface area (Å²) in [5, 5.41) is 2.85. The number of hydrogen-bond donors (Lipinski definition) is 1. The van der Waals surface area contributed by atoms with Gasteiger partial charge in [-0.1, -0.05) is 33.8 Å². The van der Waals surface area contributed by atoms with Crippen LogP contribution >= 0.6 is 0 Å². The van der Waals surface area contributed by atoms with Crippen LogP contribution < -0.4 is 5.32 Å². The normalized spacial score (nSPS) is 24.8. The standard InChI is InChI=1S/C12H20N2O2.C3H8/c1-3-4-13-12(15)9(2)6-14-7-10-5-11(8-14)16-10;1-3-2/h10-11H,2-8H2,1H3,(H,13,15);3H2,1-2H3. The van der Waals surface area contributed by atoms with Gasteiger partial charge in [-0.05, 0) is 6.42 Å². The summed E-state index contributed by atoms with van der Waals surface area (Å²) in [5.41, 5.74) is 0.662. The highest BCUT2D eigenvalue weighted by molar-refractivity contribution is 5.93. The first-order valence-corrected chi connectivity index (χ1v) is 7.44. The highest BCUT2D eigenvalue weighted by Gasteiger charge is 2.38. The van der Waals surface area contributed by atoms with Gasteiger partial charge in [0.05, 0.1) is 12.2 Å². The van der Waals surface area contributed by atoms with Gasteiger partial charge >= 0.3 is 0 Å². The molecule has 3 saturated heterocycles. The van der Waals surface area contributed by atoms with Gasteiger partial charge in [-0.3, -0.25) is 9.69 Å². The number of piperidine rings is 1. The fraction of sp³-hybridized carbons (Fsp3) is 0.800. The van der Waals surface area contributed by atoms with Crippen molar-refractivity contribution >= 4 is 5.91 Å². The predicted molar refractivity (Wildman–Crippen MR) is 78.1 cm³/mol. The molecule has 0 spiro atoms. The van der Waals surface area contributed by atoms with Crippen LogP contribution in [0.25, 0.3) is 0 Å². The van der Waals surface area contributed by atoms with Crippen LogP contribution in [-0.4, -0.2) is 49.2 Å². The molecule has 0 aromatic rings. The molecule has 3 aliphatic heterocycles. The van der Waals surface area contributed by atoms with Crippen LogP contribution in [0.3, 0.4) is 0 Å². The van der Waals surface area contributed by atoms with Gasteiger partial charge in [0.1, 0.15) is 0 Å². The third-order valence-electron chi connectivity index (χ3n) is 3.11. The second-order valence-corrected chi connectivity index (χ2v) is 5.38. The maximum atomic E-state index is 11.6. The summed E-state index contributed by atoms with van der Waals surface area (Å²) in [6.45, 7) is 13.4. The molecule has 2 atom stereocenters. The molecule has 0 saturated carbocycles. The minimum Gasteiger partial charge on any atom is -0.372 e. The summed E-state index contributed by atoms with van der Waals surface area (Å²) in [6.07, 6.45) is 4.18. The molecule has 3 fully saturated rings. The minimum atomic E-state index is -0.0120. The first-order valence-electron chi connectivity index (χ1n) is 7.44. The number of morpholine rings is 1. The Kier molecular flexibility index (Phi) is 7.10. The molecule has 0 aromatic heterocycles. The topological polar surface area (TPSA) is 41.6 Å².